The maximum Gasteiger partial charge on any atom is 0.460 e. The highest BCUT2D eigenvalue weighted by molar-refractivity contribution is 5.89. The number of amides is 1. The molecular weight excluding hydrogens is 531 g/mol. The van der Waals surface area contributed by atoms with Crippen LogP contribution >= 0.6 is 0 Å². The van der Waals surface area contributed by atoms with Gasteiger partial charge in [0.15, 0.2) is 0 Å². The molecule has 0 aromatic carbocycles. The van der Waals surface area contributed by atoms with Crippen molar-refractivity contribution in [3.8, 4) is 0 Å². The molecule has 1 N–H and O–H groups in total. The summed E-state index contributed by atoms with van der Waals surface area (Å²) in [5.74, 6) is -17.1. The minimum atomic E-state index is -6.64. The zero-order valence-electron chi connectivity index (χ0n) is 23.8. The molecule has 0 aromatic rings. The molecule has 11 heteroatoms. The lowest BCUT2D eigenvalue weighted by Crippen LogP contribution is -2.61. The molecular formula is C28H48F7NO3. The summed E-state index contributed by atoms with van der Waals surface area (Å²) in [5, 5.41) is 1.33. The van der Waals surface area contributed by atoms with Crippen LogP contribution in [0.4, 0.5) is 30.7 Å². The highest BCUT2D eigenvalue weighted by atomic mass is 19.4. The molecule has 0 saturated carbocycles. The number of hydrogen-bond acceptors (Lipinski definition) is 3. The molecule has 1 amide bonds. The van der Waals surface area contributed by atoms with Crippen LogP contribution < -0.4 is 5.32 Å². The van der Waals surface area contributed by atoms with E-state index in [4.69, 9.17) is 4.74 Å². The van der Waals surface area contributed by atoms with Crippen LogP contribution in [0.1, 0.15) is 130 Å². The Labute approximate surface area is 229 Å². The summed E-state index contributed by atoms with van der Waals surface area (Å²) in [5.41, 5.74) is 0. The van der Waals surface area contributed by atoms with Gasteiger partial charge in [0, 0.05) is 0 Å². The number of esters is 1. The minimum Gasteiger partial charge on any atom is -0.464 e. The lowest BCUT2D eigenvalue weighted by atomic mass is 10.0. The molecule has 1 unspecified atom stereocenters. The third-order valence-electron chi connectivity index (χ3n) is 6.57. The maximum absolute atomic E-state index is 13.6. The van der Waals surface area contributed by atoms with Crippen LogP contribution in [-0.4, -0.2) is 42.5 Å². The summed E-state index contributed by atoms with van der Waals surface area (Å²) in [4.78, 5) is 23.9. The molecule has 0 aliphatic heterocycles. The zero-order chi connectivity index (χ0) is 30.0. The minimum absolute atomic E-state index is 0.0726. The van der Waals surface area contributed by atoms with Gasteiger partial charge in [-0.1, -0.05) is 117 Å². The van der Waals surface area contributed by atoms with Gasteiger partial charge >= 0.3 is 24.0 Å². The fourth-order valence-corrected chi connectivity index (χ4v) is 4.18. The van der Waals surface area contributed by atoms with E-state index < -0.39 is 35.9 Å². The summed E-state index contributed by atoms with van der Waals surface area (Å²) in [7, 11) is 0. The number of carbonyl (C=O) groups is 2. The number of hydrogen-bond donors (Lipinski definition) is 1. The van der Waals surface area contributed by atoms with Crippen molar-refractivity contribution < 1.29 is 45.1 Å². The summed E-state index contributed by atoms with van der Waals surface area (Å²) >= 11 is 0. The number of unbranched alkanes of at least 4 members (excludes halogenated alkanes) is 15. The van der Waals surface area contributed by atoms with Crippen molar-refractivity contribution in [2.75, 3.05) is 6.61 Å². The monoisotopic (exact) mass is 579 g/mol. The van der Waals surface area contributed by atoms with Gasteiger partial charge in [-0.3, -0.25) is 4.79 Å². The molecule has 0 heterocycles. The number of nitrogens with one attached hydrogen (secondary N) is 1. The Bertz CT molecular complexity index is 670. The van der Waals surface area contributed by atoms with Crippen molar-refractivity contribution in [3.63, 3.8) is 0 Å². The van der Waals surface area contributed by atoms with Crippen LogP contribution in [-0.2, 0) is 14.3 Å². The van der Waals surface area contributed by atoms with Crippen LogP contribution in [0.2, 0.25) is 0 Å². The first kappa shape index (κ1) is 37.5. The van der Waals surface area contributed by atoms with Gasteiger partial charge in [-0.2, -0.15) is 30.7 Å². The van der Waals surface area contributed by atoms with Crippen molar-refractivity contribution in [1.82, 2.24) is 5.32 Å². The number of rotatable bonds is 23. The second kappa shape index (κ2) is 19.5. The Balaban J connectivity index is 4.17. The van der Waals surface area contributed by atoms with Gasteiger partial charge in [0.25, 0.3) is 5.91 Å². The van der Waals surface area contributed by atoms with E-state index in [1.54, 1.807) is 13.8 Å². The predicted molar refractivity (Wildman–Crippen MR) is 138 cm³/mol. The molecule has 0 bridgehead atoms. The summed E-state index contributed by atoms with van der Waals surface area (Å²) in [6.45, 7) is 5.26. The number of ether oxygens (including phenoxy) is 1. The van der Waals surface area contributed by atoms with E-state index >= 15 is 0 Å². The summed E-state index contributed by atoms with van der Waals surface area (Å²) < 4.78 is 95.6. The normalized spacial score (nSPS) is 13.5. The molecule has 0 rings (SSSR count). The molecule has 0 aliphatic carbocycles. The second-order valence-corrected chi connectivity index (χ2v) is 10.8. The van der Waals surface area contributed by atoms with Gasteiger partial charge in [0.05, 0.1) is 6.61 Å². The fourth-order valence-electron chi connectivity index (χ4n) is 4.18. The zero-order valence-corrected chi connectivity index (χ0v) is 23.8. The SMILES string of the molecule is CCCCCCCCCCCCCCCCCCOC(=O)C(CC(C)C)NC(=O)C(F)(F)C(F)(F)C(F)(F)F. The third-order valence-corrected chi connectivity index (χ3v) is 6.57. The van der Waals surface area contributed by atoms with Crippen molar-refractivity contribution in [2.45, 2.75) is 154 Å². The fraction of sp³-hybridized carbons (Fsp3) is 0.929. The van der Waals surface area contributed by atoms with E-state index in [-0.39, 0.29) is 18.9 Å². The van der Waals surface area contributed by atoms with E-state index in [1.807, 2.05) is 0 Å². The van der Waals surface area contributed by atoms with Gasteiger partial charge < -0.3 is 10.1 Å². The Hall–Kier alpha value is -1.55. The topological polar surface area (TPSA) is 55.4 Å². The van der Waals surface area contributed by atoms with Gasteiger partial charge in [0.2, 0.25) is 0 Å². The smallest absolute Gasteiger partial charge is 0.460 e. The Morgan fingerprint density at radius 2 is 1.05 bits per heavy atom. The standard InChI is InChI=1S/C28H48F7NO3/c1-4-5-6-7-8-9-10-11-12-13-14-15-16-17-18-19-20-39-24(37)23(21-22(2)3)36-25(38)26(29,30)27(31,32)28(33,34)35/h22-23H,4-21H2,1-3H3,(H,36,38). The van der Waals surface area contributed by atoms with E-state index in [9.17, 15) is 40.3 Å². The Morgan fingerprint density at radius 3 is 1.41 bits per heavy atom. The van der Waals surface area contributed by atoms with Crippen molar-refractivity contribution >= 4 is 11.9 Å². The lowest BCUT2D eigenvalue weighted by molar-refractivity contribution is -0.344. The highest BCUT2D eigenvalue weighted by Crippen LogP contribution is 2.46. The van der Waals surface area contributed by atoms with Crippen LogP contribution in [0.3, 0.4) is 0 Å². The first-order valence-corrected chi connectivity index (χ1v) is 14.5. The second-order valence-electron chi connectivity index (χ2n) is 10.8. The maximum atomic E-state index is 13.6. The van der Waals surface area contributed by atoms with Gasteiger partial charge in [0.1, 0.15) is 6.04 Å². The molecule has 1 atom stereocenters. The van der Waals surface area contributed by atoms with Gasteiger partial charge in [-0.15, -0.1) is 0 Å². The Morgan fingerprint density at radius 1 is 0.667 bits per heavy atom. The third kappa shape index (κ3) is 15.1. The van der Waals surface area contributed by atoms with E-state index in [0.717, 1.165) is 25.7 Å². The average molecular weight is 580 g/mol. The van der Waals surface area contributed by atoms with Crippen molar-refractivity contribution in [2.24, 2.45) is 5.92 Å². The number of halogens is 7. The molecule has 0 aromatic heterocycles. The van der Waals surface area contributed by atoms with Gasteiger partial charge in [-0.05, 0) is 18.8 Å². The molecule has 4 nitrogen and oxygen atoms in total. The number of alkyl halides is 7. The molecule has 0 spiro atoms. The molecule has 39 heavy (non-hydrogen) atoms. The van der Waals surface area contributed by atoms with Crippen LogP contribution in [0, 0.1) is 5.92 Å². The molecule has 0 aliphatic rings. The van der Waals surface area contributed by atoms with Gasteiger partial charge in [-0.25, -0.2) is 4.79 Å². The Kier molecular flexibility index (Phi) is 18.7. The molecule has 0 saturated heterocycles. The van der Waals surface area contributed by atoms with Crippen LogP contribution in [0.15, 0.2) is 0 Å². The van der Waals surface area contributed by atoms with E-state index in [2.05, 4.69) is 6.92 Å². The van der Waals surface area contributed by atoms with Crippen LogP contribution in [0.25, 0.3) is 0 Å². The summed E-state index contributed by atoms with van der Waals surface area (Å²) in [6.07, 6.45) is 11.5. The van der Waals surface area contributed by atoms with E-state index in [0.29, 0.717) is 6.42 Å². The highest BCUT2D eigenvalue weighted by Gasteiger charge is 2.76. The average Bonchev–Trinajstić information content (AvgIpc) is 2.84. The predicted octanol–water partition coefficient (Wildman–Crippen LogP) is 9.15. The number of carbonyl (C=O) groups excluding carboxylic acids is 2. The van der Waals surface area contributed by atoms with Crippen molar-refractivity contribution in [1.29, 1.82) is 0 Å². The first-order valence-electron chi connectivity index (χ1n) is 14.5. The first-order chi connectivity index (χ1) is 18.2. The largest absolute Gasteiger partial charge is 0.464 e. The van der Waals surface area contributed by atoms with E-state index in [1.165, 1.54) is 75.9 Å². The quantitative estimate of drug-likeness (QED) is 0.0746. The molecule has 0 fully saturated rings. The van der Waals surface area contributed by atoms with Crippen LogP contribution in [0.5, 0.6) is 0 Å². The molecule has 0 radical (unpaired) electrons. The molecule has 232 valence electrons. The summed E-state index contributed by atoms with van der Waals surface area (Å²) in [6, 6.07) is -1.77. The van der Waals surface area contributed by atoms with Crippen molar-refractivity contribution in [3.05, 3.63) is 0 Å². The lowest BCUT2D eigenvalue weighted by Gasteiger charge is -2.28.